The van der Waals surface area contributed by atoms with Gasteiger partial charge in [-0.05, 0) is 75.1 Å². The number of piperazine rings is 1. The topological polar surface area (TPSA) is 54.0 Å². The maximum Gasteiger partial charge on any atom is 0.407 e. The number of carbonyl (C=O) groups excluding carboxylic acids is 1. The normalized spacial score (nSPS) is 28.3. The van der Waals surface area contributed by atoms with Gasteiger partial charge < -0.3 is 14.8 Å². The number of alkyl carbamates (subject to hydrolysis) is 1. The Hall–Kier alpha value is -2.41. The van der Waals surface area contributed by atoms with E-state index >= 15 is 0 Å². The summed E-state index contributed by atoms with van der Waals surface area (Å²) in [6, 6.07) is 19.0. The number of amides is 1. The van der Waals surface area contributed by atoms with Crippen LogP contribution in [-0.4, -0.2) is 59.9 Å². The predicted molar refractivity (Wildman–Crippen MR) is 151 cm³/mol. The molecule has 6 heteroatoms. The Kier molecular flexibility index (Phi) is 8.13. The van der Waals surface area contributed by atoms with Gasteiger partial charge in [-0.2, -0.15) is 0 Å². The van der Waals surface area contributed by atoms with Gasteiger partial charge in [0.2, 0.25) is 0 Å². The van der Waals surface area contributed by atoms with Crippen LogP contribution in [0.1, 0.15) is 87.6 Å². The lowest BCUT2D eigenvalue weighted by Gasteiger charge is -2.42. The molecule has 0 bridgehead atoms. The van der Waals surface area contributed by atoms with Gasteiger partial charge in [0, 0.05) is 45.4 Å². The van der Waals surface area contributed by atoms with Crippen LogP contribution in [0.4, 0.5) is 4.79 Å². The van der Waals surface area contributed by atoms with E-state index in [-0.39, 0.29) is 18.2 Å². The van der Waals surface area contributed by atoms with Crippen LogP contribution in [0.15, 0.2) is 48.5 Å². The zero-order valence-electron chi connectivity index (χ0n) is 23.8. The van der Waals surface area contributed by atoms with Crippen molar-refractivity contribution in [3.8, 4) is 0 Å². The zero-order chi connectivity index (χ0) is 26.9. The number of fused-ring (bicyclic) bond motifs is 3. The first-order valence-electron chi connectivity index (χ1n) is 14.4. The summed E-state index contributed by atoms with van der Waals surface area (Å²) < 4.78 is 11.4. The monoisotopic (exact) mass is 519 g/mol. The molecule has 0 radical (unpaired) electrons. The molecule has 6 nitrogen and oxygen atoms in total. The maximum absolute atomic E-state index is 12.6. The average Bonchev–Trinajstić information content (AvgIpc) is 3.10. The zero-order valence-corrected chi connectivity index (χ0v) is 23.8. The van der Waals surface area contributed by atoms with Crippen LogP contribution >= 0.6 is 0 Å². The van der Waals surface area contributed by atoms with Crippen LogP contribution in [0.25, 0.3) is 0 Å². The van der Waals surface area contributed by atoms with Crippen LogP contribution in [-0.2, 0) is 22.6 Å². The summed E-state index contributed by atoms with van der Waals surface area (Å²) in [5, 5.41) is 3.14. The minimum atomic E-state index is -0.517. The highest BCUT2D eigenvalue weighted by Gasteiger charge is 2.39. The fourth-order valence-corrected chi connectivity index (χ4v) is 6.80. The van der Waals surface area contributed by atoms with Crippen molar-refractivity contribution in [2.45, 2.75) is 102 Å². The summed E-state index contributed by atoms with van der Waals surface area (Å²) >= 11 is 0. The molecule has 38 heavy (non-hydrogen) atoms. The molecule has 1 amide bonds. The molecule has 2 fully saturated rings. The minimum absolute atomic E-state index is 0.00683. The van der Waals surface area contributed by atoms with Gasteiger partial charge in [-0.1, -0.05) is 55.0 Å². The quantitative estimate of drug-likeness (QED) is 0.490. The van der Waals surface area contributed by atoms with Crippen LogP contribution in [0, 0.1) is 0 Å². The van der Waals surface area contributed by atoms with Crippen LogP contribution < -0.4 is 5.32 Å². The third kappa shape index (κ3) is 6.24. The molecule has 1 N–H and O–H groups in total. The van der Waals surface area contributed by atoms with Crippen molar-refractivity contribution in [2.75, 3.05) is 20.2 Å². The van der Waals surface area contributed by atoms with Gasteiger partial charge >= 0.3 is 6.09 Å². The molecule has 206 valence electrons. The first-order chi connectivity index (χ1) is 18.2. The molecule has 5 rings (SSSR count). The van der Waals surface area contributed by atoms with Gasteiger partial charge in [0.15, 0.2) is 0 Å². The van der Waals surface area contributed by atoms with E-state index in [1.807, 2.05) is 20.8 Å². The molecular formula is C32H45N3O3. The Bertz CT molecular complexity index is 1100. The SMILES string of the molecule is CO[C@@H]1CCCC(c2ccc3c(c2)CN2[C@H](C)CN(Cc4ccccc4)C[C@H]32)C[C@H]1NC(=O)OC(C)(C)C. The van der Waals surface area contributed by atoms with E-state index < -0.39 is 5.60 Å². The molecule has 0 spiro atoms. The lowest BCUT2D eigenvalue weighted by atomic mass is 9.87. The standard InChI is InChI=1S/C32H45N3O3/c1-22-18-34(19-23-10-7-6-8-11-23)21-29-27-15-14-25(16-26(27)20-35(22)29)24-12-9-13-30(37-5)28(17-24)33-31(36)38-32(2,3)4/h6-8,10-11,14-16,22,24,28-30H,9,12-13,17-21H2,1-5H3,(H,33,36)/t22-,24?,28-,29-,30-/m1/s1. The number of carbonyl (C=O) groups is 1. The second kappa shape index (κ2) is 11.4. The Labute approximate surface area is 228 Å². The van der Waals surface area contributed by atoms with E-state index in [0.29, 0.717) is 18.0 Å². The minimum Gasteiger partial charge on any atom is -0.444 e. The van der Waals surface area contributed by atoms with Crippen LogP contribution in [0.2, 0.25) is 0 Å². The fraction of sp³-hybridized carbons (Fsp3) is 0.594. The fourth-order valence-electron chi connectivity index (χ4n) is 6.80. The van der Waals surface area contributed by atoms with E-state index in [1.54, 1.807) is 7.11 Å². The first-order valence-corrected chi connectivity index (χ1v) is 14.4. The van der Waals surface area contributed by atoms with Gasteiger partial charge in [-0.3, -0.25) is 9.80 Å². The van der Waals surface area contributed by atoms with Crippen LogP contribution in [0.5, 0.6) is 0 Å². The largest absolute Gasteiger partial charge is 0.444 e. The second-order valence-corrected chi connectivity index (χ2v) is 12.6. The van der Waals surface area contributed by atoms with Gasteiger partial charge in [0.25, 0.3) is 0 Å². The number of nitrogens with zero attached hydrogens (tertiary/aromatic N) is 2. The molecule has 2 aliphatic heterocycles. The van der Waals surface area contributed by atoms with Gasteiger partial charge in [-0.15, -0.1) is 0 Å². The molecule has 2 aromatic rings. The molecule has 1 aliphatic carbocycles. The molecule has 3 aliphatic rings. The summed E-state index contributed by atoms with van der Waals surface area (Å²) in [5.74, 6) is 0.394. The van der Waals surface area contributed by atoms with E-state index in [2.05, 4.69) is 70.6 Å². The van der Waals surface area contributed by atoms with Gasteiger partial charge in [0.05, 0.1) is 12.1 Å². The highest BCUT2D eigenvalue weighted by molar-refractivity contribution is 5.68. The number of methoxy groups -OCH3 is 1. The highest BCUT2D eigenvalue weighted by atomic mass is 16.6. The van der Waals surface area contributed by atoms with Crippen molar-refractivity contribution in [2.24, 2.45) is 0 Å². The van der Waals surface area contributed by atoms with Crippen molar-refractivity contribution in [1.82, 2.24) is 15.1 Å². The lowest BCUT2D eigenvalue weighted by Crippen LogP contribution is -2.50. The van der Waals surface area contributed by atoms with Crippen molar-refractivity contribution in [3.05, 3.63) is 70.8 Å². The summed E-state index contributed by atoms with van der Waals surface area (Å²) in [4.78, 5) is 17.9. The summed E-state index contributed by atoms with van der Waals surface area (Å²) in [6.45, 7) is 12.3. The Morgan fingerprint density at radius 3 is 2.61 bits per heavy atom. The number of hydrogen-bond acceptors (Lipinski definition) is 5. The smallest absolute Gasteiger partial charge is 0.407 e. The Morgan fingerprint density at radius 1 is 1.08 bits per heavy atom. The van der Waals surface area contributed by atoms with Crippen molar-refractivity contribution >= 4 is 6.09 Å². The van der Waals surface area contributed by atoms with Gasteiger partial charge in [-0.25, -0.2) is 4.79 Å². The average molecular weight is 520 g/mol. The molecule has 0 aromatic heterocycles. The van der Waals surface area contributed by atoms with E-state index in [9.17, 15) is 4.79 Å². The van der Waals surface area contributed by atoms with Gasteiger partial charge in [0.1, 0.15) is 5.60 Å². The lowest BCUT2D eigenvalue weighted by molar-refractivity contribution is 0.0313. The maximum atomic E-state index is 12.6. The van der Waals surface area contributed by atoms with E-state index in [0.717, 1.165) is 51.9 Å². The van der Waals surface area contributed by atoms with E-state index in [4.69, 9.17) is 9.47 Å². The Balaban J connectivity index is 1.30. The molecule has 1 saturated heterocycles. The third-order valence-electron chi connectivity index (χ3n) is 8.55. The summed E-state index contributed by atoms with van der Waals surface area (Å²) in [6.07, 6.45) is 3.66. The third-order valence-corrected chi connectivity index (χ3v) is 8.55. The number of hydrogen-bond donors (Lipinski definition) is 1. The Morgan fingerprint density at radius 2 is 1.87 bits per heavy atom. The highest BCUT2D eigenvalue weighted by Crippen LogP contribution is 2.41. The predicted octanol–water partition coefficient (Wildman–Crippen LogP) is 6.01. The number of nitrogens with one attached hydrogen (secondary N) is 1. The molecule has 2 heterocycles. The van der Waals surface area contributed by atoms with Crippen molar-refractivity contribution in [1.29, 1.82) is 0 Å². The van der Waals surface area contributed by atoms with E-state index in [1.165, 1.54) is 22.3 Å². The van der Waals surface area contributed by atoms with Crippen molar-refractivity contribution < 1.29 is 14.3 Å². The molecule has 1 saturated carbocycles. The summed E-state index contributed by atoms with van der Waals surface area (Å²) in [7, 11) is 1.75. The molecule has 5 atom stereocenters. The van der Waals surface area contributed by atoms with Crippen molar-refractivity contribution in [3.63, 3.8) is 0 Å². The van der Waals surface area contributed by atoms with Crippen LogP contribution in [0.3, 0.4) is 0 Å². The summed E-state index contributed by atoms with van der Waals surface area (Å²) in [5.41, 5.74) is 5.23. The number of ether oxygens (including phenoxy) is 2. The molecular weight excluding hydrogens is 474 g/mol. The first kappa shape index (κ1) is 27.2. The molecule has 2 aromatic carbocycles. The molecule has 1 unspecified atom stereocenters. The number of benzene rings is 2. The second-order valence-electron chi connectivity index (χ2n) is 12.6. The number of rotatable bonds is 5.